The van der Waals surface area contributed by atoms with Gasteiger partial charge in [-0.1, -0.05) is 0 Å². The van der Waals surface area contributed by atoms with Crippen LogP contribution in [0.3, 0.4) is 0 Å². The number of anilines is 1. The Kier molecular flexibility index (Phi) is 2.52. The quantitative estimate of drug-likeness (QED) is 0.747. The van der Waals surface area contributed by atoms with Gasteiger partial charge < -0.3 is 10.4 Å². The highest BCUT2D eigenvalue weighted by molar-refractivity contribution is 5.50. The molecule has 0 spiro atoms. The lowest BCUT2D eigenvalue weighted by Crippen LogP contribution is -2.20. The van der Waals surface area contributed by atoms with Gasteiger partial charge in [-0.3, -0.25) is 0 Å². The Hall–Kier alpha value is -1.67. The predicted molar refractivity (Wildman–Crippen MR) is 54.0 cm³/mol. The molecule has 1 aliphatic rings. The van der Waals surface area contributed by atoms with Crippen LogP contribution in [-0.2, 0) is 0 Å². The van der Waals surface area contributed by atoms with Crippen LogP contribution < -0.4 is 5.32 Å². The zero-order valence-electron chi connectivity index (χ0n) is 8.27. The molecular formula is C10H12N4O. The molecule has 1 fully saturated rings. The molecule has 0 amide bonds. The average Bonchev–Trinajstić information content (AvgIpc) is 3.07. The molecule has 1 aromatic rings. The molecule has 78 valence electrons. The van der Waals surface area contributed by atoms with Crippen LogP contribution in [0.1, 0.15) is 18.4 Å². The van der Waals surface area contributed by atoms with E-state index in [0.29, 0.717) is 17.9 Å². The standard InChI is InChI=1S/C10H12N4O/c11-5-8-1-4-13-14-9(8)12-6-10(7-15)2-3-10/h1,4,15H,2-3,6-7H2,(H,12,14). The number of rotatable bonds is 4. The second kappa shape index (κ2) is 3.83. The normalized spacial score (nSPS) is 16.8. The molecule has 5 heteroatoms. The van der Waals surface area contributed by atoms with E-state index >= 15 is 0 Å². The van der Waals surface area contributed by atoms with Gasteiger partial charge in [0.15, 0.2) is 5.82 Å². The molecule has 0 aliphatic heterocycles. The largest absolute Gasteiger partial charge is 0.396 e. The Bertz CT molecular complexity index is 395. The summed E-state index contributed by atoms with van der Waals surface area (Å²) in [5, 5.41) is 28.6. The molecule has 0 atom stereocenters. The minimum absolute atomic E-state index is 0.00421. The van der Waals surface area contributed by atoms with Gasteiger partial charge in [-0.2, -0.15) is 10.4 Å². The highest BCUT2D eigenvalue weighted by Crippen LogP contribution is 2.44. The van der Waals surface area contributed by atoms with Gasteiger partial charge in [0.2, 0.25) is 0 Å². The Morgan fingerprint density at radius 1 is 1.60 bits per heavy atom. The van der Waals surface area contributed by atoms with Crippen molar-refractivity contribution in [2.75, 3.05) is 18.5 Å². The SMILES string of the molecule is N#Cc1ccnnc1NCC1(CO)CC1. The maximum Gasteiger partial charge on any atom is 0.166 e. The van der Waals surface area contributed by atoms with Crippen LogP contribution in [0.15, 0.2) is 12.3 Å². The molecule has 0 unspecified atom stereocenters. The second-order valence-corrected chi connectivity index (χ2v) is 3.92. The van der Waals surface area contributed by atoms with Crippen LogP contribution in [0.2, 0.25) is 0 Å². The number of aliphatic hydroxyl groups is 1. The van der Waals surface area contributed by atoms with Gasteiger partial charge in [0, 0.05) is 12.0 Å². The fraction of sp³-hybridized carbons (Fsp3) is 0.500. The van der Waals surface area contributed by atoms with Crippen molar-refractivity contribution in [1.82, 2.24) is 10.2 Å². The van der Waals surface area contributed by atoms with Crippen molar-refractivity contribution < 1.29 is 5.11 Å². The zero-order valence-corrected chi connectivity index (χ0v) is 8.27. The van der Waals surface area contributed by atoms with Gasteiger partial charge in [0.1, 0.15) is 6.07 Å². The van der Waals surface area contributed by atoms with E-state index in [4.69, 9.17) is 10.4 Å². The highest BCUT2D eigenvalue weighted by Gasteiger charge is 2.41. The van der Waals surface area contributed by atoms with Crippen LogP contribution in [0.5, 0.6) is 0 Å². The van der Waals surface area contributed by atoms with E-state index in [0.717, 1.165) is 12.8 Å². The van der Waals surface area contributed by atoms with Crippen molar-refractivity contribution >= 4 is 5.82 Å². The molecule has 15 heavy (non-hydrogen) atoms. The van der Waals surface area contributed by atoms with Crippen molar-refractivity contribution in [2.24, 2.45) is 5.41 Å². The lowest BCUT2D eigenvalue weighted by molar-refractivity contribution is 0.219. The number of nitrogens with zero attached hydrogens (tertiary/aromatic N) is 3. The van der Waals surface area contributed by atoms with Crippen molar-refractivity contribution in [3.05, 3.63) is 17.8 Å². The van der Waals surface area contributed by atoms with Gasteiger partial charge in [-0.15, -0.1) is 5.10 Å². The number of nitriles is 1. The van der Waals surface area contributed by atoms with Crippen LogP contribution in [0.4, 0.5) is 5.82 Å². The fourth-order valence-electron chi connectivity index (χ4n) is 1.39. The lowest BCUT2D eigenvalue weighted by atomic mass is 10.1. The van der Waals surface area contributed by atoms with Crippen LogP contribution in [0, 0.1) is 16.7 Å². The molecule has 1 aromatic heterocycles. The highest BCUT2D eigenvalue weighted by atomic mass is 16.3. The van der Waals surface area contributed by atoms with Crippen LogP contribution in [0.25, 0.3) is 0 Å². The minimum atomic E-state index is 0.00421. The molecule has 1 heterocycles. The van der Waals surface area contributed by atoms with Crippen molar-refractivity contribution in [3.8, 4) is 6.07 Å². The maximum absolute atomic E-state index is 9.12. The zero-order chi connectivity index (χ0) is 10.7. The van der Waals surface area contributed by atoms with Crippen molar-refractivity contribution in [2.45, 2.75) is 12.8 Å². The lowest BCUT2D eigenvalue weighted by Gasteiger charge is -2.13. The van der Waals surface area contributed by atoms with E-state index in [9.17, 15) is 0 Å². The summed E-state index contributed by atoms with van der Waals surface area (Å²) in [4.78, 5) is 0. The first kappa shape index (κ1) is 9.87. The van der Waals surface area contributed by atoms with Gasteiger partial charge in [-0.25, -0.2) is 0 Å². The number of aliphatic hydroxyl groups excluding tert-OH is 1. The topological polar surface area (TPSA) is 81.8 Å². The molecule has 0 radical (unpaired) electrons. The third kappa shape index (κ3) is 2.05. The third-order valence-electron chi connectivity index (χ3n) is 2.76. The maximum atomic E-state index is 9.12. The monoisotopic (exact) mass is 204 g/mol. The first-order chi connectivity index (χ1) is 7.29. The van der Waals surface area contributed by atoms with Crippen molar-refractivity contribution in [3.63, 3.8) is 0 Å². The second-order valence-electron chi connectivity index (χ2n) is 3.92. The fourth-order valence-corrected chi connectivity index (χ4v) is 1.39. The Morgan fingerprint density at radius 3 is 3.00 bits per heavy atom. The van der Waals surface area contributed by atoms with Crippen molar-refractivity contribution in [1.29, 1.82) is 5.26 Å². The van der Waals surface area contributed by atoms with Crippen LogP contribution in [-0.4, -0.2) is 28.5 Å². The molecule has 5 nitrogen and oxygen atoms in total. The molecule has 2 N–H and O–H groups in total. The summed E-state index contributed by atoms with van der Waals surface area (Å²) in [6.45, 7) is 0.832. The summed E-state index contributed by atoms with van der Waals surface area (Å²) >= 11 is 0. The van der Waals surface area contributed by atoms with E-state index in [1.807, 2.05) is 6.07 Å². The van der Waals surface area contributed by atoms with Gasteiger partial charge in [-0.05, 0) is 18.9 Å². The molecular weight excluding hydrogens is 192 g/mol. The molecule has 1 saturated carbocycles. The smallest absolute Gasteiger partial charge is 0.166 e. The first-order valence-electron chi connectivity index (χ1n) is 4.86. The van der Waals surface area contributed by atoms with Gasteiger partial charge in [0.05, 0.1) is 18.4 Å². The van der Waals surface area contributed by atoms with E-state index in [2.05, 4.69) is 15.5 Å². The predicted octanol–water partition coefficient (Wildman–Crippen LogP) is 0.533. The Labute approximate surface area is 87.8 Å². The van der Waals surface area contributed by atoms with E-state index < -0.39 is 0 Å². The molecule has 0 bridgehead atoms. The third-order valence-corrected chi connectivity index (χ3v) is 2.76. The number of hydrogen-bond donors (Lipinski definition) is 2. The summed E-state index contributed by atoms with van der Waals surface area (Å²) in [6.07, 6.45) is 3.54. The number of aromatic nitrogens is 2. The van der Waals surface area contributed by atoms with E-state index in [-0.39, 0.29) is 12.0 Å². The number of hydrogen-bond acceptors (Lipinski definition) is 5. The van der Waals surface area contributed by atoms with Gasteiger partial charge in [0.25, 0.3) is 0 Å². The van der Waals surface area contributed by atoms with Crippen LogP contribution >= 0.6 is 0 Å². The molecule has 0 saturated heterocycles. The molecule has 0 aromatic carbocycles. The summed E-state index contributed by atoms with van der Waals surface area (Å²) < 4.78 is 0. The number of nitrogens with one attached hydrogen (secondary N) is 1. The summed E-state index contributed by atoms with van der Waals surface area (Å²) in [5.74, 6) is 0.500. The Morgan fingerprint density at radius 2 is 2.40 bits per heavy atom. The van der Waals surface area contributed by atoms with E-state index in [1.165, 1.54) is 6.20 Å². The summed E-state index contributed by atoms with van der Waals surface area (Å²) in [5.41, 5.74) is 0.489. The summed E-state index contributed by atoms with van der Waals surface area (Å²) in [7, 11) is 0. The average molecular weight is 204 g/mol. The first-order valence-corrected chi connectivity index (χ1v) is 4.86. The molecule has 1 aliphatic carbocycles. The minimum Gasteiger partial charge on any atom is -0.396 e. The Balaban J connectivity index is 2.02. The van der Waals surface area contributed by atoms with E-state index in [1.54, 1.807) is 6.07 Å². The van der Waals surface area contributed by atoms with Gasteiger partial charge >= 0.3 is 0 Å². The molecule has 2 rings (SSSR count). The summed E-state index contributed by atoms with van der Waals surface area (Å²) in [6, 6.07) is 3.66.